The van der Waals surface area contributed by atoms with Gasteiger partial charge in [-0.3, -0.25) is 9.59 Å². The van der Waals surface area contributed by atoms with E-state index in [4.69, 9.17) is 9.47 Å². The number of amides is 1. The highest BCUT2D eigenvalue weighted by molar-refractivity contribution is 5.96. The van der Waals surface area contributed by atoms with E-state index < -0.39 is 0 Å². The monoisotopic (exact) mass is 389 g/mol. The predicted molar refractivity (Wildman–Crippen MR) is 107 cm³/mol. The lowest BCUT2D eigenvalue weighted by molar-refractivity contribution is -0.119. The van der Waals surface area contributed by atoms with Crippen LogP contribution in [0.25, 0.3) is 11.3 Å². The Labute approximate surface area is 167 Å². The van der Waals surface area contributed by atoms with Gasteiger partial charge in [-0.15, -0.1) is 0 Å². The third-order valence-corrected chi connectivity index (χ3v) is 5.30. The molecule has 0 N–H and O–H groups in total. The molecule has 0 radical (unpaired) electrons. The SMILES string of the molecule is CC1Cc2ccccc2N1C(=O)Cn1nc(-c2ccc3c(c2)OCO3)ccc1=O. The Morgan fingerprint density at radius 1 is 1.10 bits per heavy atom. The maximum atomic E-state index is 13.0. The number of anilines is 1. The van der Waals surface area contributed by atoms with E-state index in [1.54, 1.807) is 11.0 Å². The van der Waals surface area contributed by atoms with Gasteiger partial charge in [-0.25, -0.2) is 4.68 Å². The molecule has 2 aliphatic rings. The van der Waals surface area contributed by atoms with Gasteiger partial charge in [0.15, 0.2) is 11.5 Å². The van der Waals surface area contributed by atoms with Gasteiger partial charge in [0, 0.05) is 23.4 Å². The molecule has 2 aliphatic heterocycles. The fraction of sp³-hybridized carbons (Fsp3) is 0.227. The van der Waals surface area contributed by atoms with Gasteiger partial charge in [-0.05, 0) is 49.2 Å². The first kappa shape index (κ1) is 17.5. The molecule has 7 heteroatoms. The Balaban J connectivity index is 1.44. The lowest BCUT2D eigenvalue weighted by Gasteiger charge is -2.23. The van der Waals surface area contributed by atoms with Crippen LogP contribution in [0.1, 0.15) is 12.5 Å². The number of carbonyl (C=O) groups excluding carboxylic acids is 1. The fourth-order valence-electron chi connectivity index (χ4n) is 3.92. The molecular weight excluding hydrogens is 370 g/mol. The number of aromatic nitrogens is 2. The standard InChI is InChI=1S/C22H19N3O4/c1-14-10-16-4-2-3-5-18(16)25(14)22(27)12-24-21(26)9-7-17(23-24)15-6-8-19-20(11-15)29-13-28-19/h2-9,11,14H,10,12-13H2,1H3. The molecule has 1 unspecified atom stereocenters. The van der Waals surface area contributed by atoms with Crippen molar-refractivity contribution in [3.63, 3.8) is 0 Å². The Bertz CT molecular complexity index is 1170. The predicted octanol–water partition coefficient (Wildman–Crippen LogP) is 2.62. The second-order valence-corrected chi connectivity index (χ2v) is 7.23. The normalized spacial score (nSPS) is 16.7. The number of para-hydroxylation sites is 1. The van der Waals surface area contributed by atoms with E-state index in [0.29, 0.717) is 17.2 Å². The van der Waals surface area contributed by atoms with E-state index in [1.165, 1.54) is 10.7 Å². The number of benzene rings is 2. The third-order valence-electron chi connectivity index (χ3n) is 5.30. The summed E-state index contributed by atoms with van der Waals surface area (Å²) in [5, 5.41) is 4.42. The molecular formula is C22H19N3O4. The molecule has 1 aromatic heterocycles. The number of ether oxygens (including phenoxy) is 2. The third kappa shape index (κ3) is 3.04. The average Bonchev–Trinajstić information content (AvgIpc) is 3.32. The largest absolute Gasteiger partial charge is 0.454 e. The number of hydrogen-bond donors (Lipinski definition) is 0. The summed E-state index contributed by atoms with van der Waals surface area (Å²) in [4.78, 5) is 27.1. The molecule has 0 fully saturated rings. The summed E-state index contributed by atoms with van der Waals surface area (Å²) < 4.78 is 12.0. The molecule has 1 atom stereocenters. The van der Waals surface area contributed by atoms with E-state index in [-0.39, 0.29) is 30.8 Å². The van der Waals surface area contributed by atoms with Crippen LogP contribution >= 0.6 is 0 Å². The molecule has 1 amide bonds. The molecule has 3 heterocycles. The molecule has 0 aliphatic carbocycles. The van der Waals surface area contributed by atoms with E-state index in [0.717, 1.165) is 23.2 Å². The number of rotatable bonds is 3. The van der Waals surface area contributed by atoms with Gasteiger partial charge in [-0.2, -0.15) is 5.10 Å². The lowest BCUT2D eigenvalue weighted by atomic mass is 10.1. The van der Waals surface area contributed by atoms with Crippen molar-refractivity contribution in [2.24, 2.45) is 0 Å². The van der Waals surface area contributed by atoms with Gasteiger partial charge in [-0.1, -0.05) is 18.2 Å². The van der Waals surface area contributed by atoms with Crippen LogP contribution < -0.4 is 19.9 Å². The van der Waals surface area contributed by atoms with Crippen molar-refractivity contribution >= 4 is 11.6 Å². The molecule has 146 valence electrons. The van der Waals surface area contributed by atoms with Crippen molar-refractivity contribution < 1.29 is 14.3 Å². The maximum Gasteiger partial charge on any atom is 0.267 e. The summed E-state index contributed by atoms with van der Waals surface area (Å²) >= 11 is 0. The summed E-state index contributed by atoms with van der Waals surface area (Å²) in [5.41, 5.74) is 3.11. The lowest BCUT2D eigenvalue weighted by Crippen LogP contribution is -2.40. The zero-order chi connectivity index (χ0) is 20.0. The van der Waals surface area contributed by atoms with Crippen molar-refractivity contribution in [2.75, 3.05) is 11.7 Å². The van der Waals surface area contributed by atoms with Crippen LogP contribution in [0.15, 0.2) is 59.4 Å². The van der Waals surface area contributed by atoms with E-state index in [2.05, 4.69) is 5.10 Å². The zero-order valence-corrected chi connectivity index (χ0v) is 15.9. The summed E-state index contributed by atoms with van der Waals surface area (Å²) in [7, 11) is 0. The van der Waals surface area contributed by atoms with Crippen LogP contribution in [0.2, 0.25) is 0 Å². The second-order valence-electron chi connectivity index (χ2n) is 7.23. The zero-order valence-electron chi connectivity index (χ0n) is 15.9. The number of carbonyl (C=O) groups is 1. The smallest absolute Gasteiger partial charge is 0.267 e. The average molecular weight is 389 g/mol. The molecule has 2 aromatic carbocycles. The van der Waals surface area contributed by atoms with Crippen LogP contribution in [-0.2, 0) is 17.8 Å². The van der Waals surface area contributed by atoms with Crippen LogP contribution in [0, 0.1) is 0 Å². The first-order valence-corrected chi connectivity index (χ1v) is 9.48. The molecule has 0 spiro atoms. The number of hydrogen-bond acceptors (Lipinski definition) is 5. The van der Waals surface area contributed by atoms with Crippen LogP contribution in [0.5, 0.6) is 11.5 Å². The van der Waals surface area contributed by atoms with Gasteiger partial charge in [0.1, 0.15) is 6.54 Å². The minimum Gasteiger partial charge on any atom is -0.454 e. The Hall–Kier alpha value is -3.61. The van der Waals surface area contributed by atoms with Crippen molar-refractivity contribution in [2.45, 2.75) is 25.9 Å². The molecule has 0 bridgehead atoms. The highest BCUT2D eigenvalue weighted by atomic mass is 16.7. The summed E-state index contributed by atoms with van der Waals surface area (Å²) in [5.74, 6) is 1.17. The van der Waals surface area contributed by atoms with Gasteiger partial charge in [0.05, 0.1) is 5.69 Å². The Kier molecular flexibility index (Phi) is 4.08. The van der Waals surface area contributed by atoms with Gasteiger partial charge < -0.3 is 14.4 Å². The maximum absolute atomic E-state index is 13.0. The fourth-order valence-corrected chi connectivity index (χ4v) is 3.92. The molecule has 0 saturated heterocycles. The van der Waals surface area contributed by atoms with Gasteiger partial charge in [0.25, 0.3) is 5.56 Å². The van der Waals surface area contributed by atoms with Gasteiger partial charge >= 0.3 is 0 Å². The summed E-state index contributed by atoms with van der Waals surface area (Å²) in [6.07, 6.45) is 0.807. The van der Waals surface area contributed by atoms with E-state index in [1.807, 2.05) is 49.4 Å². The Morgan fingerprint density at radius 2 is 1.93 bits per heavy atom. The van der Waals surface area contributed by atoms with Crippen LogP contribution in [-0.4, -0.2) is 28.5 Å². The van der Waals surface area contributed by atoms with E-state index in [9.17, 15) is 9.59 Å². The molecule has 3 aromatic rings. The molecule has 5 rings (SSSR count). The van der Waals surface area contributed by atoms with Crippen LogP contribution in [0.3, 0.4) is 0 Å². The number of nitrogens with zero attached hydrogens (tertiary/aromatic N) is 3. The second kappa shape index (κ2) is 6.77. The summed E-state index contributed by atoms with van der Waals surface area (Å²) in [6.45, 7) is 2.09. The molecule has 0 saturated carbocycles. The van der Waals surface area contributed by atoms with Crippen LogP contribution in [0.4, 0.5) is 5.69 Å². The highest BCUT2D eigenvalue weighted by Gasteiger charge is 2.30. The minimum atomic E-state index is -0.317. The molecule has 29 heavy (non-hydrogen) atoms. The highest BCUT2D eigenvalue weighted by Crippen LogP contribution is 2.35. The molecule has 7 nitrogen and oxygen atoms in total. The van der Waals surface area contributed by atoms with E-state index >= 15 is 0 Å². The Morgan fingerprint density at radius 3 is 2.83 bits per heavy atom. The van der Waals surface area contributed by atoms with Crippen molar-refractivity contribution in [3.8, 4) is 22.8 Å². The van der Waals surface area contributed by atoms with Crippen molar-refractivity contribution in [3.05, 3.63) is 70.5 Å². The number of fused-ring (bicyclic) bond motifs is 2. The quantitative estimate of drug-likeness (QED) is 0.689. The first-order chi connectivity index (χ1) is 14.1. The first-order valence-electron chi connectivity index (χ1n) is 9.48. The van der Waals surface area contributed by atoms with Crippen molar-refractivity contribution in [1.29, 1.82) is 0 Å². The topological polar surface area (TPSA) is 73.7 Å². The minimum absolute atomic E-state index is 0.0487. The van der Waals surface area contributed by atoms with Gasteiger partial charge in [0.2, 0.25) is 12.7 Å². The summed E-state index contributed by atoms with van der Waals surface area (Å²) in [6, 6.07) is 16.5. The van der Waals surface area contributed by atoms with Crippen molar-refractivity contribution in [1.82, 2.24) is 9.78 Å².